The van der Waals surface area contributed by atoms with Crippen molar-refractivity contribution in [2.45, 2.75) is 160 Å². The second kappa shape index (κ2) is 42.0. The lowest BCUT2D eigenvalue weighted by molar-refractivity contribution is -0.161. The standard InChI is InChI=1S/C56H83N3O15P2/c1-3-5-7-9-11-13-15-17-19-21-23-25-27-29-31-33-35-37-39-41-51(60)69-45-48(72-52(61)42-40-38-36-34-32-30-28-26-24-22-20-18-16-14-12-10-8-6-4-2)46-70-75(65,66)74-76(67,68)71-47-49-53(62)54(63)55(73-49)59-44-43-50(57)58-56(59)64/h5-8,11-14,17-20,23-26,29-32,36,38,43-44,48-49,53-55,62-63H,3-4,9-10,15-16,21-22,27-28,33-35,37,39-42,45-47H2,1-2H3,(H,65,66)(H,67,68)(H2,57,58,64)/b7-5-,8-6-,13-11-,14-12-,19-17-,20-18-,25-23-,26-24-,31-29-,32-30-,38-36-/t48-,49-,53+,54?,55-/m1/s1. The molecule has 18 nitrogen and oxygen atoms in total. The molecule has 7 atom stereocenters. The van der Waals surface area contributed by atoms with Crippen molar-refractivity contribution in [2.75, 3.05) is 25.6 Å². The smallest absolute Gasteiger partial charge is 0.462 e. The summed E-state index contributed by atoms with van der Waals surface area (Å²) in [5, 5.41) is 20.9. The topological polar surface area (TPSA) is 265 Å². The molecule has 0 aliphatic carbocycles. The minimum absolute atomic E-state index is 0.0628. The number of carbonyl (C=O) groups excluding carboxylic acids is 2. The molecule has 1 aliphatic rings. The normalized spacial score (nSPS) is 19.8. The molecule has 2 heterocycles. The molecule has 0 aromatic carbocycles. The Morgan fingerprint density at radius 2 is 1.09 bits per heavy atom. The van der Waals surface area contributed by atoms with Crippen LogP contribution in [0.5, 0.6) is 0 Å². The molecule has 1 aromatic heterocycles. The van der Waals surface area contributed by atoms with Gasteiger partial charge in [-0.1, -0.05) is 154 Å². The van der Waals surface area contributed by atoms with Crippen molar-refractivity contribution >= 4 is 33.4 Å². The van der Waals surface area contributed by atoms with Crippen molar-refractivity contribution in [1.29, 1.82) is 0 Å². The van der Waals surface area contributed by atoms with Crippen molar-refractivity contribution < 1.29 is 66.3 Å². The van der Waals surface area contributed by atoms with E-state index in [1.807, 2.05) is 18.2 Å². The van der Waals surface area contributed by atoms with Gasteiger partial charge in [0.15, 0.2) is 12.3 Å². The molecule has 0 bridgehead atoms. The first-order chi connectivity index (χ1) is 36.7. The second-order valence-electron chi connectivity index (χ2n) is 17.3. The van der Waals surface area contributed by atoms with E-state index in [-0.39, 0.29) is 18.7 Å². The van der Waals surface area contributed by atoms with E-state index in [1.165, 1.54) is 6.07 Å². The van der Waals surface area contributed by atoms with Gasteiger partial charge < -0.3 is 39.9 Å². The minimum Gasteiger partial charge on any atom is -0.462 e. The number of carbonyl (C=O) groups is 2. The molecule has 1 saturated heterocycles. The lowest BCUT2D eigenvalue weighted by atomic mass is 10.1. The van der Waals surface area contributed by atoms with E-state index in [1.54, 1.807) is 6.08 Å². The number of aromatic nitrogens is 2. The average Bonchev–Trinajstić information content (AvgIpc) is 3.66. The number of nitrogens with zero attached hydrogens (tertiary/aromatic N) is 2. The molecule has 1 aliphatic heterocycles. The zero-order chi connectivity index (χ0) is 55.5. The van der Waals surface area contributed by atoms with Crippen LogP contribution in [0.3, 0.4) is 0 Å². The molecule has 2 rings (SSSR count). The van der Waals surface area contributed by atoms with E-state index in [0.717, 1.165) is 94.2 Å². The number of hydrogen-bond acceptors (Lipinski definition) is 15. The largest absolute Gasteiger partial charge is 0.481 e. The van der Waals surface area contributed by atoms with Gasteiger partial charge >= 0.3 is 33.3 Å². The fourth-order valence-electron chi connectivity index (χ4n) is 6.78. The summed E-state index contributed by atoms with van der Waals surface area (Å²) >= 11 is 0. The lowest BCUT2D eigenvalue weighted by Crippen LogP contribution is -2.36. The van der Waals surface area contributed by atoms with E-state index in [4.69, 9.17) is 29.0 Å². The number of phosphoric acid groups is 2. The summed E-state index contributed by atoms with van der Waals surface area (Å²) in [6.07, 6.45) is 52.6. The molecule has 3 unspecified atom stereocenters. The predicted molar refractivity (Wildman–Crippen MR) is 297 cm³/mol. The maximum atomic E-state index is 12.9. The number of aliphatic hydroxyl groups excluding tert-OH is 2. The maximum Gasteiger partial charge on any atom is 0.481 e. The predicted octanol–water partition coefficient (Wildman–Crippen LogP) is 11.3. The number of hydrogen-bond donors (Lipinski definition) is 5. The van der Waals surface area contributed by atoms with Gasteiger partial charge in [-0.2, -0.15) is 9.29 Å². The number of nitrogens with two attached hydrogens (primary N) is 1. The van der Waals surface area contributed by atoms with Gasteiger partial charge in [0.25, 0.3) is 0 Å². The highest BCUT2D eigenvalue weighted by Crippen LogP contribution is 2.60. The van der Waals surface area contributed by atoms with Gasteiger partial charge in [-0.3, -0.25) is 23.2 Å². The summed E-state index contributed by atoms with van der Waals surface area (Å²) in [7, 11) is -10.9. The number of anilines is 1. The SMILES string of the molecule is CC/C=C\C/C=C\C/C=C\C/C=C\C/C=C\C/C=C\CCC(=O)O[C@H](COC(=O)CCCCC/C=C\C/C=C\C/C=C\C/C=C\C/C=C\CC)COP(=O)(O)OP(=O)(O)OC[C@H]1O[C@@H](n2ccc(N)nc2=O)C(O)[C@H]1O. The molecule has 422 valence electrons. The van der Waals surface area contributed by atoms with Crippen molar-refractivity contribution in [3.05, 3.63) is 156 Å². The molecular weight excluding hydrogens is 1020 g/mol. The van der Waals surface area contributed by atoms with Crippen LogP contribution in [0.1, 0.15) is 136 Å². The Morgan fingerprint density at radius 1 is 0.632 bits per heavy atom. The van der Waals surface area contributed by atoms with Crippen LogP contribution in [0.15, 0.2) is 151 Å². The minimum atomic E-state index is -5.46. The molecule has 20 heteroatoms. The Morgan fingerprint density at radius 3 is 1.58 bits per heavy atom. The Labute approximate surface area is 449 Å². The number of ether oxygens (including phenoxy) is 3. The third-order valence-corrected chi connectivity index (χ3v) is 13.3. The molecule has 0 amide bonds. The van der Waals surface area contributed by atoms with Crippen LogP contribution < -0.4 is 11.4 Å². The van der Waals surface area contributed by atoms with E-state index in [2.05, 4.69) is 133 Å². The Bertz CT molecular complexity index is 2300. The van der Waals surface area contributed by atoms with Crippen LogP contribution in [0.4, 0.5) is 5.82 Å². The van der Waals surface area contributed by atoms with E-state index in [9.17, 15) is 43.5 Å². The Kier molecular flexibility index (Phi) is 37.0. The highest BCUT2D eigenvalue weighted by molar-refractivity contribution is 7.61. The molecule has 1 aromatic rings. The van der Waals surface area contributed by atoms with Crippen LogP contribution in [0.25, 0.3) is 0 Å². The van der Waals surface area contributed by atoms with Gasteiger partial charge in [-0.15, -0.1) is 0 Å². The quantitative estimate of drug-likeness (QED) is 0.0177. The number of unbranched alkanes of at least 4 members (excludes halogenated alkanes) is 3. The lowest BCUT2D eigenvalue weighted by Gasteiger charge is -2.21. The second-order valence-corrected chi connectivity index (χ2v) is 20.3. The third kappa shape index (κ3) is 33.8. The number of esters is 2. The van der Waals surface area contributed by atoms with E-state index >= 15 is 0 Å². The van der Waals surface area contributed by atoms with Gasteiger partial charge in [0, 0.05) is 19.0 Å². The summed E-state index contributed by atoms with van der Waals surface area (Å²) in [5.74, 6) is -1.45. The first-order valence-electron chi connectivity index (χ1n) is 26.2. The first-order valence-corrected chi connectivity index (χ1v) is 29.2. The van der Waals surface area contributed by atoms with Gasteiger partial charge in [0.1, 0.15) is 30.7 Å². The summed E-state index contributed by atoms with van der Waals surface area (Å²) < 4.78 is 56.7. The van der Waals surface area contributed by atoms with Crippen LogP contribution in [0, 0.1) is 0 Å². The van der Waals surface area contributed by atoms with Crippen molar-refractivity contribution in [3.63, 3.8) is 0 Å². The first kappa shape index (κ1) is 67.0. The molecule has 0 spiro atoms. The van der Waals surface area contributed by atoms with Crippen molar-refractivity contribution in [1.82, 2.24) is 9.55 Å². The molecule has 0 radical (unpaired) electrons. The van der Waals surface area contributed by atoms with Gasteiger partial charge in [0.05, 0.1) is 13.2 Å². The van der Waals surface area contributed by atoms with Crippen LogP contribution >= 0.6 is 15.6 Å². The van der Waals surface area contributed by atoms with Crippen LogP contribution in [-0.2, 0) is 46.3 Å². The Hall–Kier alpha value is -5.10. The zero-order valence-electron chi connectivity index (χ0n) is 44.2. The molecule has 0 saturated carbocycles. The van der Waals surface area contributed by atoms with Gasteiger partial charge in [0.2, 0.25) is 0 Å². The zero-order valence-corrected chi connectivity index (χ0v) is 46.0. The molecular formula is C56H83N3O15P2. The fraction of sp³-hybridized carbons (Fsp3) is 0.500. The third-order valence-electron chi connectivity index (χ3n) is 10.7. The fourth-order valence-corrected chi connectivity index (χ4v) is 8.89. The number of nitrogen functional groups attached to an aromatic ring is 1. The Balaban J connectivity index is 1.85. The van der Waals surface area contributed by atoms with Gasteiger partial charge in [-0.05, 0) is 102 Å². The maximum absolute atomic E-state index is 12.9. The number of phosphoric ester groups is 2. The highest BCUT2D eigenvalue weighted by atomic mass is 31.3. The van der Waals surface area contributed by atoms with Crippen LogP contribution in [0.2, 0.25) is 0 Å². The summed E-state index contributed by atoms with van der Waals surface area (Å²) in [6.45, 7) is 1.81. The van der Waals surface area contributed by atoms with Gasteiger partial charge in [-0.25, -0.2) is 13.9 Å². The highest BCUT2D eigenvalue weighted by Gasteiger charge is 2.46. The molecule has 1 fully saturated rings. The number of rotatable bonds is 41. The summed E-state index contributed by atoms with van der Waals surface area (Å²) in [6, 6.07) is 1.24. The summed E-state index contributed by atoms with van der Waals surface area (Å²) in [5.41, 5.74) is 4.58. The van der Waals surface area contributed by atoms with Crippen molar-refractivity contribution in [2.24, 2.45) is 0 Å². The van der Waals surface area contributed by atoms with Crippen LogP contribution in [-0.4, -0.2) is 85.7 Å². The van der Waals surface area contributed by atoms with E-state index < -0.39 is 83.7 Å². The summed E-state index contributed by atoms with van der Waals surface area (Å²) in [4.78, 5) is 62.0. The molecule has 6 N–H and O–H groups in total. The monoisotopic (exact) mass is 1100 g/mol. The molecule has 76 heavy (non-hydrogen) atoms. The average molecular weight is 1100 g/mol. The van der Waals surface area contributed by atoms with Crippen molar-refractivity contribution in [3.8, 4) is 0 Å². The number of aliphatic hydroxyl groups is 2. The van der Waals surface area contributed by atoms with E-state index in [0.29, 0.717) is 19.3 Å². The number of allylic oxidation sites excluding steroid dienone is 22.